The smallest absolute Gasteiger partial charge is 0.179 e. The molecule has 0 aliphatic carbocycles. The lowest BCUT2D eigenvalue weighted by molar-refractivity contribution is 0.669. The highest BCUT2D eigenvalue weighted by atomic mass is 28.3. The third-order valence-corrected chi connectivity index (χ3v) is 27.7. The second-order valence-corrected chi connectivity index (χ2v) is 32.0. The Bertz CT molecular complexity index is 6900. The first-order valence-corrected chi connectivity index (χ1v) is 37.8. The fourth-order valence-electron chi connectivity index (χ4n) is 18.3. The molecule has 0 saturated carbocycles. The van der Waals surface area contributed by atoms with Crippen LogP contribution in [0, 0.1) is 0 Å². The second-order valence-electron chi connectivity index (χ2n) is 28.2. The van der Waals surface area contributed by atoms with Gasteiger partial charge in [0.05, 0.1) is 44.1 Å². The van der Waals surface area contributed by atoms with Crippen LogP contribution in [0.4, 0.5) is 0 Å². The molecule has 24 rings (SSSR count). The maximum Gasteiger partial charge on any atom is 0.179 e. The van der Waals surface area contributed by atoms with E-state index in [0.29, 0.717) is 0 Å². The minimum absolute atomic E-state index is 0.863. The van der Waals surface area contributed by atoms with Crippen molar-refractivity contribution in [3.63, 3.8) is 0 Å². The molecule has 0 amide bonds. The lowest BCUT2D eigenvalue weighted by atomic mass is 10.1. The van der Waals surface area contributed by atoms with Gasteiger partial charge in [-0.15, -0.1) is 0 Å². The van der Waals surface area contributed by atoms with Gasteiger partial charge in [-0.1, -0.05) is 194 Å². The molecule has 8 nitrogen and oxygen atoms in total. The Morgan fingerprint density at radius 3 is 0.581 bits per heavy atom. The molecule has 8 aromatic heterocycles. The van der Waals surface area contributed by atoms with Gasteiger partial charge in [-0.05, 0) is 142 Å². The first-order valence-electron chi connectivity index (χ1n) is 35.8. The van der Waals surface area contributed by atoms with E-state index in [1.54, 1.807) is 0 Å². The number of hydrogen-bond donors (Lipinski definition) is 0. The summed E-state index contributed by atoms with van der Waals surface area (Å²) in [7, 11) is -3.48. The molecule has 488 valence electrons. The molecule has 0 unspecified atom stereocenters. The van der Waals surface area contributed by atoms with Crippen molar-refractivity contribution < 1.29 is 17.7 Å². The molecule has 8 heterocycles. The Kier molecular flexibility index (Phi) is 11.4. The Morgan fingerprint density at radius 2 is 0.352 bits per heavy atom. The van der Waals surface area contributed by atoms with Crippen LogP contribution in [0.15, 0.2) is 357 Å². The van der Waals surface area contributed by atoms with Gasteiger partial charge in [0.2, 0.25) is 0 Å². The first-order chi connectivity index (χ1) is 52.0. The van der Waals surface area contributed by atoms with Crippen molar-refractivity contribution in [1.82, 2.24) is 18.3 Å². The van der Waals surface area contributed by atoms with Crippen molar-refractivity contribution in [1.29, 1.82) is 0 Å². The number of para-hydroxylation sites is 8. The molecule has 0 N–H and O–H groups in total. The molecule has 0 aliphatic heterocycles. The van der Waals surface area contributed by atoms with E-state index >= 15 is 0 Å². The molecular formula is C96H56N4O4Si. The molecule has 16 aromatic carbocycles. The summed E-state index contributed by atoms with van der Waals surface area (Å²) in [4.78, 5) is 0. The lowest BCUT2D eigenvalue weighted by Crippen LogP contribution is -2.74. The molecule has 0 spiro atoms. The van der Waals surface area contributed by atoms with Gasteiger partial charge in [-0.3, -0.25) is 0 Å². The van der Waals surface area contributed by atoms with Crippen LogP contribution in [0.25, 0.3) is 198 Å². The van der Waals surface area contributed by atoms with Crippen LogP contribution in [0.1, 0.15) is 0 Å². The minimum Gasteiger partial charge on any atom is -0.456 e. The van der Waals surface area contributed by atoms with Crippen LogP contribution < -0.4 is 20.7 Å². The lowest BCUT2D eigenvalue weighted by Gasteiger charge is -2.35. The largest absolute Gasteiger partial charge is 0.456 e. The molecule has 0 aliphatic rings. The van der Waals surface area contributed by atoms with Gasteiger partial charge in [0.15, 0.2) is 8.07 Å². The summed E-state index contributed by atoms with van der Waals surface area (Å²) in [6, 6.07) is 125. The van der Waals surface area contributed by atoms with Crippen LogP contribution >= 0.6 is 0 Å². The number of hydrogen-bond acceptors (Lipinski definition) is 4. The summed E-state index contributed by atoms with van der Waals surface area (Å²) in [6.45, 7) is 0. The van der Waals surface area contributed by atoms with E-state index in [0.717, 1.165) is 155 Å². The average molecular weight is 1360 g/mol. The fourth-order valence-corrected chi connectivity index (χ4v) is 23.0. The number of fused-ring (bicyclic) bond motifs is 24. The molecule has 9 heteroatoms. The standard InChI is InChI=1S/C96H56N4O4Si/c1-9-25-81-65(17-1)73-49-77-69-21-5-13-29-89(69)101-93(77)53-85(73)97(81)57-33-41-61(42-34-57)105(62-43-35-58(36-44-62)98-82-26-10-2-18-66(82)74-50-78-70-22-6-14-30-90(70)102-94(78)54-86(74)98,63-45-37-59(38-46-63)99-83-27-11-3-19-67(83)75-51-79-71-23-7-15-31-91(71)103-95(79)55-87(75)99)64-47-39-60(40-48-64)100-84-28-12-4-20-68(84)76-52-80-72-24-8-16-32-92(72)104-96(80)56-88(76)100/h1-56H. The third kappa shape index (κ3) is 7.88. The zero-order valence-corrected chi connectivity index (χ0v) is 57.3. The predicted molar refractivity (Wildman–Crippen MR) is 437 cm³/mol. The van der Waals surface area contributed by atoms with Gasteiger partial charge >= 0.3 is 0 Å². The molecule has 0 radical (unpaired) electrons. The van der Waals surface area contributed by atoms with Crippen molar-refractivity contribution in [3.8, 4) is 22.7 Å². The third-order valence-electron chi connectivity index (χ3n) is 22.9. The van der Waals surface area contributed by atoms with E-state index in [4.69, 9.17) is 17.7 Å². The molecule has 0 bridgehead atoms. The Balaban J connectivity index is 0.753. The van der Waals surface area contributed by atoms with Crippen LogP contribution in [-0.4, -0.2) is 26.3 Å². The number of aromatic nitrogens is 4. The number of furan rings is 4. The topological polar surface area (TPSA) is 72.3 Å². The van der Waals surface area contributed by atoms with Crippen molar-refractivity contribution >= 4 is 204 Å². The van der Waals surface area contributed by atoms with Crippen molar-refractivity contribution in [2.75, 3.05) is 0 Å². The summed E-state index contributed by atoms with van der Waals surface area (Å²) in [5.41, 5.74) is 20.1. The zero-order valence-electron chi connectivity index (χ0n) is 56.3. The molecule has 0 saturated heterocycles. The van der Waals surface area contributed by atoms with Crippen LogP contribution in [0.5, 0.6) is 0 Å². The van der Waals surface area contributed by atoms with E-state index in [-0.39, 0.29) is 0 Å². The Hall–Kier alpha value is -13.9. The number of benzene rings is 16. The first kappa shape index (κ1) is 56.8. The quantitative estimate of drug-likeness (QED) is 0.112. The highest BCUT2D eigenvalue weighted by molar-refractivity contribution is 7.20. The van der Waals surface area contributed by atoms with E-state index in [1.165, 1.54) is 63.8 Å². The summed E-state index contributed by atoms with van der Waals surface area (Å²) in [5.74, 6) is 0. The van der Waals surface area contributed by atoms with Gasteiger partial charge in [0, 0.05) is 133 Å². The summed E-state index contributed by atoms with van der Waals surface area (Å²) < 4.78 is 36.2. The highest BCUT2D eigenvalue weighted by Gasteiger charge is 2.42. The molecule has 105 heavy (non-hydrogen) atoms. The van der Waals surface area contributed by atoms with Crippen LogP contribution in [-0.2, 0) is 0 Å². The van der Waals surface area contributed by atoms with E-state index in [1.807, 2.05) is 24.3 Å². The summed E-state index contributed by atoms with van der Waals surface area (Å²) >= 11 is 0. The zero-order chi connectivity index (χ0) is 68.3. The van der Waals surface area contributed by atoms with Crippen molar-refractivity contribution in [2.24, 2.45) is 0 Å². The van der Waals surface area contributed by atoms with Crippen molar-refractivity contribution in [2.45, 2.75) is 0 Å². The minimum atomic E-state index is -3.48. The highest BCUT2D eigenvalue weighted by Crippen LogP contribution is 2.44. The van der Waals surface area contributed by atoms with Gasteiger partial charge in [0.1, 0.15) is 44.7 Å². The van der Waals surface area contributed by atoms with E-state index < -0.39 is 8.07 Å². The maximum absolute atomic E-state index is 6.64. The summed E-state index contributed by atoms with van der Waals surface area (Å²) in [5, 5.41) is 23.3. The predicted octanol–water partition coefficient (Wildman–Crippen LogP) is 23.1. The van der Waals surface area contributed by atoms with Gasteiger partial charge in [0.25, 0.3) is 0 Å². The van der Waals surface area contributed by atoms with Crippen LogP contribution in [0.2, 0.25) is 0 Å². The number of rotatable bonds is 8. The van der Waals surface area contributed by atoms with Gasteiger partial charge in [-0.25, -0.2) is 0 Å². The molecular weight excluding hydrogens is 1300 g/mol. The molecule has 0 fully saturated rings. The fraction of sp³-hybridized carbons (Fsp3) is 0. The monoisotopic (exact) mass is 1360 g/mol. The number of nitrogens with zero attached hydrogens (tertiary/aromatic N) is 4. The molecule has 0 atom stereocenters. The maximum atomic E-state index is 6.64. The van der Waals surface area contributed by atoms with Crippen LogP contribution in [0.3, 0.4) is 0 Å². The second kappa shape index (κ2) is 21.1. The van der Waals surface area contributed by atoms with E-state index in [9.17, 15) is 0 Å². The average Bonchev–Trinajstić information content (AvgIpc) is 1.49. The van der Waals surface area contributed by atoms with Gasteiger partial charge < -0.3 is 35.9 Å². The Morgan fingerprint density at radius 1 is 0.152 bits per heavy atom. The van der Waals surface area contributed by atoms with Gasteiger partial charge in [-0.2, -0.15) is 0 Å². The summed E-state index contributed by atoms with van der Waals surface area (Å²) in [6.07, 6.45) is 0. The van der Waals surface area contributed by atoms with Crippen molar-refractivity contribution in [3.05, 3.63) is 340 Å². The molecule has 24 aromatic rings. The van der Waals surface area contributed by atoms with E-state index in [2.05, 4.69) is 334 Å². The Labute approximate surface area is 598 Å². The SMILES string of the molecule is c1ccc2c(c1)oc1cc3c(cc12)c1ccccc1n3-c1ccc([Si](c2ccc(-n3c4ccccc4c4cc5c(cc43)oc3ccccc35)cc2)(c2ccc(-n3c4ccccc4c4cc5c(cc43)oc3ccccc35)cc2)c2ccc(-n3c4ccccc4c4cc5c(cc43)oc3ccccc35)cc2)cc1. The normalized spacial score (nSPS) is 12.6.